The summed E-state index contributed by atoms with van der Waals surface area (Å²) in [6, 6.07) is 7.01. The van der Waals surface area contributed by atoms with Gasteiger partial charge in [-0.2, -0.15) is 5.10 Å². The molecule has 0 spiro atoms. The molecule has 0 saturated heterocycles. The number of hydrogen-bond donors (Lipinski definition) is 1. The SMILES string of the molecule is CC(=O)c1ccccc1NC(=O)Cc1c(C)nn(C)c1C. The summed E-state index contributed by atoms with van der Waals surface area (Å²) in [5.41, 5.74) is 3.82. The summed E-state index contributed by atoms with van der Waals surface area (Å²) in [6.07, 6.45) is 0.248. The Morgan fingerprint density at radius 3 is 2.48 bits per heavy atom. The van der Waals surface area contributed by atoms with E-state index in [2.05, 4.69) is 10.4 Å². The van der Waals surface area contributed by atoms with Crippen LogP contribution >= 0.6 is 0 Å². The Morgan fingerprint density at radius 2 is 1.90 bits per heavy atom. The third kappa shape index (κ3) is 3.18. The van der Waals surface area contributed by atoms with Crippen LogP contribution in [0.4, 0.5) is 5.69 Å². The molecule has 2 rings (SSSR count). The molecule has 0 saturated carbocycles. The molecule has 0 unspecified atom stereocenters. The lowest BCUT2D eigenvalue weighted by Gasteiger charge is -2.09. The summed E-state index contributed by atoms with van der Waals surface area (Å²) in [5.74, 6) is -0.220. The van der Waals surface area contributed by atoms with E-state index in [1.54, 1.807) is 28.9 Å². The standard InChI is InChI=1S/C16H19N3O2/c1-10-14(11(2)19(4)18-10)9-16(21)17-15-8-6-5-7-13(15)12(3)20/h5-8H,9H2,1-4H3,(H,17,21). The van der Waals surface area contributed by atoms with Crippen LogP contribution in [0.5, 0.6) is 0 Å². The van der Waals surface area contributed by atoms with Crippen molar-refractivity contribution in [3.8, 4) is 0 Å². The van der Waals surface area contributed by atoms with Crippen LogP contribution < -0.4 is 5.32 Å². The van der Waals surface area contributed by atoms with Gasteiger partial charge < -0.3 is 5.32 Å². The van der Waals surface area contributed by atoms with Gasteiger partial charge in [0.05, 0.1) is 17.8 Å². The fourth-order valence-corrected chi connectivity index (χ4v) is 2.33. The predicted molar refractivity (Wildman–Crippen MR) is 81.5 cm³/mol. The first-order chi connectivity index (χ1) is 9.90. The van der Waals surface area contributed by atoms with E-state index in [0.717, 1.165) is 17.0 Å². The van der Waals surface area contributed by atoms with Crippen molar-refractivity contribution in [1.29, 1.82) is 0 Å². The largest absolute Gasteiger partial charge is 0.325 e. The molecule has 1 aromatic carbocycles. The number of anilines is 1. The van der Waals surface area contributed by atoms with Crippen molar-refractivity contribution in [2.75, 3.05) is 5.32 Å². The summed E-state index contributed by atoms with van der Waals surface area (Å²) >= 11 is 0. The highest BCUT2D eigenvalue weighted by molar-refractivity contribution is 6.04. The molecule has 1 N–H and O–H groups in total. The van der Waals surface area contributed by atoms with Crippen molar-refractivity contribution < 1.29 is 9.59 Å². The van der Waals surface area contributed by atoms with Gasteiger partial charge in [0.25, 0.3) is 0 Å². The summed E-state index contributed by atoms with van der Waals surface area (Å²) in [6.45, 7) is 5.31. The average Bonchev–Trinajstić information content (AvgIpc) is 2.66. The number of benzene rings is 1. The van der Waals surface area contributed by atoms with Gasteiger partial charge >= 0.3 is 0 Å². The maximum Gasteiger partial charge on any atom is 0.228 e. The molecule has 0 radical (unpaired) electrons. The number of amides is 1. The van der Waals surface area contributed by atoms with Gasteiger partial charge in [-0.05, 0) is 32.9 Å². The fraction of sp³-hybridized carbons (Fsp3) is 0.312. The van der Waals surface area contributed by atoms with E-state index in [-0.39, 0.29) is 18.1 Å². The van der Waals surface area contributed by atoms with Gasteiger partial charge in [-0.3, -0.25) is 14.3 Å². The fourth-order valence-electron chi connectivity index (χ4n) is 2.33. The van der Waals surface area contributed by atoms with Gasteiger partial charge in [0, 0.05) is 23.9 Å². The van der Waals surface area contributed by atoms with Crippen molar-refractivity contribution in [2.24, 2.45) is 7.05 Å². The van der Waals surface area contributed by atoms with Crippen LogP contribution in [0.1, 0.15) is 34.2 Å². The van der Waals surface area contributed by atoms with Crippen molar-refractivity contribution in [1.82, 2.24) is 9.78 Å². The Morgan fingerprint density at radius 1 is 1.24 bits per heavy atom. The molecular formula is C16H19N3O2. The maximum absolute atomic E-state index is 12.2. The second kappa shape index (κ2) is 5.91. The van der Waals surface area contributed by atoms with E-state index in [1.165, 1.54) is 6.92 Å². The first-order valence-electron chi connectivity index (χ1n) is 6.79. The van der Waals surface area contributed by atoms with Crippen LogP contribution in [0.3, 0.4) is 0 Å². The molecule has 2 aromatic rings. The summed E-state index contributed by atoms with van der Waals surface area (Å²) in [7, 11) is 1.86. The molecular weight excluding hydrogens is 266 g/mol. The smallest absolute Gasteiger partial charge is 0.228 e. The highest BCUT2D eigenvalue weighted by Gasteiger charge is 2.15. The molecule has 1 aromatic heterocycles. The Bertz CT molecular complexity index is 702. The van der Waals surface area contributed by atoms with Gasteiger partial charge in [0.15, 0.2) is 5.78 Å². The Kier molecular flexibility index (Phi) is 4.21. The number of aryl methyl sites for hydroxylation is 2. The normalized spacial score (nSPS) is 10.5. The molecule has 5 nitrogen and oxygen atoms in total. The summed E-state index contributed by atoms with van der Waals surface area (Å²) < 4.78 is 1.77. The van der Waals surface area contributed by atoms with Gasteiger partial charge in [-0.1, -0.05) is 12.1 Å². The summed E-state index contributed by atoms with van der Waals surface area (Å²) in [5, 5.41) is 7.11. The molecule has 110 valence electrons. The van der Waals surface area contributed by atoms with Gasteiger partial charge in [0.2, 0.25) is 5.91 Å². The van der Waals surface area contributed by atoms with E-state index in [0.29, 0.717) is 11.3 Å². The molecule has 1 heterocycles. The van der Waals surface area contributed by atoms with Gasteiger partial charge in [-0.25, -0.2) is 0 Å². The molecule has 0 bridgehead atoms. The van der Waals surface area contributed by atoms with Crippen LogP contribution in [-0.4, -0.2) is 21.5 Å². The van der Waals surface area contributed by atoms with Crippen molar-refractivity contribution in [3.05, 3.63) is 46.8 Å². The zero-order valence-corrected chi connectivity index (χ0v) is 12.7. The zero-order chi connectivity index (χ0) is 15.6. The minimum absolute atomic E-state index is 0.0698. The topological polar surface area (TPSA) is 64.0 Å². The van der Waals surface area contributed by atoms with E-state index in [9.17, 15) is 9.59 Å². The number of ketones is 1. The highest BCUT2D eigenvalue weighted by Crippen LogP contribution is 2.17. The molecule has 1 amide bonds. The van der Waals surface area contributed by atoms with Gasteiger partial charge in [-0.15, -0.1) is 0 Å². The molecule has 21 heavy (non-hydrogen) atoms. The monoisotopic (exact) mass is 285 g/mol. The first kappa shape index (κ1) is 15.0. The Balaban J connectivity index is 2.18. The Hall–Kier alpha value is -2.43. The number of nitrogens with one attached hydrogen (secondary N) is 1. The third-order valence-corrected chi connectivity index (χ3v) is 3.58. The number of nitrogens with zero attached hydrogens (tertiary/aromatic N) is 2. The Labute approximate surface area is 124 Å². The lowest BCUT2D eigenvalue weighted by Crippen LogP contribution is -2.17. The number of aromatic nitrogens is 2. The zero-order valence-electron chi connectivity index (χ0n) is 12.7. The van der Waals surface area contributed by atoms with E-state index in [4.69, 9.17) is 0 Å². The maximum atomic E-state index is 12.2. The van der Waals surface area contributed by atoms with Crippen LogP contribution in [0, 0.1) is 13.8 Å². The lowest BCUT2D eigenvalue weighted by atomic mass is 10.1. The number of hydrogen-bond acceptors (Lipinski definition) is 3. The second-order valence-corrected chi connectivity index (χ2v) is 5.10. The lowest BCUT2D eigenvalue weighted by molar-refractivity contribution is -0.115. The van der Waals surface area contributed by atoms with E-state index >= 15 is 0 Å². The summed E-state index contributed by atoms with van der Waals surface area (Å²) in [4.78, 5) is 23.8. The highest BCUT2D eigenvalue weighted by atomic mass is 16.1. The number of rotatable bonds is 4. The third-order valence-electron chi connectivity index (χ3n) is 3.58. The minimum atomic E-state index is -0.150. The average molecular weight is 285 g/mol. The van der Waals surface area contributed by atoms with Crippen molar-refractivity contribution in [3.63, 3.8) is 0 Å². The molecule has 0 fully saturated rings. The van der Waals surface area contributed by atoms with Crippen LogP contribution in [-0.2, 0) is 18.3 Å². The molecule has 0 aliphatic rings. The number of para-hydroxylation sites is 1. The minimum Gasteiger partial charge on any atom is -0.325 e. The molecule has 0 aliphatic heterocycles. The second-order valence-electron chi connectivity index (χ2n) is 5.10. The van der Waals surface area contributed by atoms with Gasteiger partial charge in [0.1, 0.15) is 0 Å². The van der Waals surface area contributed by atoms with E-state index in [1.807, 2.05) is 20.9 Å². The van der Waals surface area contributed by atoms with Crippen LogP contribution in [0.15, 0.2) is 24.3 Å². The molecule has 0 atom stereocenters. The van der Waals surface area contributed by atoms with Crippen LogP contribution in [0.2, 0.25) is 0 Å². The van der Waals surface area contributed by atoms with Crippen molar-refractivity contribution in [2.45, 2.75) is 27.2 Å². The van der Waals surface area contributed by atoms with E-state index < -0.39 is 0 Å². The van der Waals surface area contributed by atoms with Crippen LogP contribution in [0.25, 0.3) is 0 Å². The van der Waals surface area contributed by atoms with Crippen molar-refractivity contribution >= 4 is 17.4 Å². The molecule has 0 aliphatic carbocycles. The quantitative estimate of drug-likeness (QED) is 0.877. The number of carbonyl (C=O) groups excluding carboxylic acids is 2. The number of carbonyl (C=O) groups is 2. The number of Topliss-reactive ketones (excluding diaryl/α,β-unsaturated/α-hetero) is 1. The predicted octanol–water partition coefficient (Wildman–Crippen LogP) is 2.42. The molecule has 5 heteroatoms. The first-order valence-corrected chi connectivity index (χ1v) is 6.79.